The average Bonchev–Trinajstić information content (AvgIpc) is 2.49. The number of hydrogen-bond acceptors (Lipinski definition) is 2. The van der Waals surface area contributed by atoms with Gasteiger partial charge < -0.3 is 5.73 Å². The summed E-state index contributed by atoms with van der Waals surface area (Å²) in [6.45, 7) is 10.5. The van der Waals surface area contributed by atoms with Gasteiger partial charge in [-0.3, -0.25) is 4.90 Å². The average molecular weight is 272 g/mol. The third-order valence-corrected chi connectivity index (χ3v) is 3.79. The quantitative estimate of drug-likeness (QED) is 0.772. The van der Waals surface area contributed by atoms with E-state index >= 15 is 0 Å². The van der Waals surface area contributed by atoms with Crippen molar-refractivity contribution < 1.29 is 0 Å². The van der Waals surface area contributed by atoms with E-state index in [1.807, 2.05) is 6.07 Å². The number of nitrogens with zero attached hydrogens (tertiary/aromatic N) is 1. The summed E-state index contributed by atoms with van der Waals surface area (Å²) in [6.07, 6.45) is 2.52. The summed E-state index contributed by atoms with van der Waals surface area (Å²) in [4.78, 5) is 2.52. The van der Waals surface area contributed by atoms with Gasteiger partial charge in [0.1, 0.15) is 0 Å². The van der Waals surface area contributed by atoms with Crippen LogP contribution in [0, 0.1) is 17.8 Å². The molecule has 0 aromatic heterocycles. The molecule has 1 rings (SSSR count). The number of rotatable bonds is 7. The first-order valence-corrected chi connectivity index (χ1v) is 7.73. The lowest BCUT2D eigenvalue weighted by Gasteiger charge is -2.25. The van der Waals surface area contributed by atoms with Crippen molar-refractivity contribution in [1.29, 1.82) is 0 Å². The first-order chi connectivity index (χ1) is 9.73. The topological polar surface area (TPSA) is 29.3 Å². The molecule has 0 saturated carbocycles. The zero-order chi connectivity index (χ0) is 14.8. The summed E-state index contributed by atoms with van der Waals surface area (Å²) in [7, 11) is 0. The Morgan fingerprint density at radius 1 is 1.20 bits per heavy atom. The van der Waals surface area contributed by atoms with Crippen molar-refractivity contribution in [3.8, 4) is 11.8 Å². The molecule has 0 aliphatic rings. The first kappa shape index (κ1) is 16.8. The van der Waals surface area contributed by atoms with Crippen molar-refractivity contribution in [2.24, 2.45) is 11.7 Å². The second-order valence-electron chi connectivity index (χ2n) is 5.22. The van der Waals surface area contributed by atoms with Crippen molar-refractivity contribution in [3.63, 3.8) is 0 Å². The van der Waals surface area contributed by atoms with Crippen molar-refractivity contribution >= 4 is 0 Å². The standard InChI is InChI=1S/C18H28N2/c1-4-16(5-2)14-20(6-3)15-18-10-7-9-17(13-18)11-8-12-19/h7,9-10,13,16H,4-6,12,14-15,19H2,1-3H3. The SMILES string of the molecule is CCC(CC)CN(CC)Cc1cccc(C#CCN)c1. The summed E-state index contributed by atoms with van der Waals surface area (Å²) >= 11 is 0. The van der Waals surface area contributed by atoms with E-state index in [4.69, 9.17) is 5.73 Å². The number of nitrogens with two attached hydrogens (primary N) is 1. The molecule has 2 nitrogen and oxygen atoms in total. The fourth-order valence-electron chi connectivity index (χ4n) is 2.38. The molecular weight excluding hydrogens is 244 g/mol. The van der Waals surface area contributed by atoms with Gasteiger partial charge in [0.15, 0.2) is 0 Å². The molecule has 0 heterocycles. The van der Waals surface area contributed by atoms with Gasteiger partial charge in [0.05, 0.1) is 6.54 Å². The second kappa shape index (κ2) is 9.58. The summed E-state index contributed by atoms with van der Waals surface area (Å²) in [5, 5.41) is 0. The molecular formula is C18H28N2. The van der Waals surface area contributed by atoms with E-state index in [0.29, 0.717) is 6.54 Å². The van der Waals surface area contributed by atoms with Gasteiger partial charge in [-0.05, 0) is 30.2 Å². The van der Waals surface area contributed by atoms with Crippen LogP contribution in [-0.4, -0.2) is 24.5 Å². The molecule has 1 aromatic carbocycles. The van der Waals surface area contributed by atoms with E-state index < -0.39 is 0 Å². The smallest absolute Gasteiger partial charge is 0.0555 e. The van der Waals surface area contributed by atoms with E-state index in [-0.39, 0.29) is 0 Å². The molecule has 0 saturated heterocycles. The Morgan fingerprint density at radius 3 is 2.55 bits per heavy atom. The Balaban J connectivity index is 2.69. The van der Waals surface area contributed by atoms with Gasteiger partial charge in [-0.1, -0.05) is 57.6 Å². The highest BCUT2D eigenvalue weighted by Crippen LogP contribution is 2.13. The Hall–Kier alpha value is -1.30. The molecule has 2 N–H and O–H groups in total. The van der Waals surface area contributed by atoms with Crippen LogP contribution >= 0.6 is 0 Å². The largest absolute Gasteiger partial charge is 0.320 e. The van der Waals surface area contributed by atoms with Crippen molar-refractivity contribution in [3.05, 3.63) is 35.4 Å². The third-order valence-electron chi connectivity index (χ3n) is 3.79. The van der Waals surface area contributed by atoms with Gasteiger partial charge in [0.2, 0.25) is 0 Å². The molecule has 1 aromatic rings. The zero-order valence-corrected chi connectivity index (χ0v) is 13.2. The van der Waals surface area contributed by atoms with Gasteiger partial charge >= 0.3 is 0 Å². The number of hydrogen-bond donors (Lipinski definition) is 1. The van der Waals surface area contributed by atoms with Crippen molar-refractivity contribution in [1.82, 2.24) is 4.90 Å². The summed E-state index contributed by atoms with van der Waals surface area (Å²) in [6, 6.07) is 8.49. The zero-order valence-electron chi connectivity index (χ0n) is 13.2. The van der Waals surface area contributed by atoms with Crippen molar-refractivity contribution in [2.75, 3.05) is 19.6 Å². The molecule has 0 aliphatic carbocycles. The van der Waals surface area contributed by atoms with E-state index in [9.17, 15) is 0 Å². The third kappa shape index (κ3) is 5.77. The predicted molar refractivity (Wildman–Crippen MR) is 87.4 cm³/mol. The van der Waals surface area contributed by atoms with Crippen LogP contribution in [0.1, 0.15) is 44.7 Å². The van der Waals surface area contributed by atoms with Gasteiger partial charge in [0, 0.05) is 18.7 Å². The molecule has 0 bridgehead atoms. The normalized spacial score (nSPS) is 10.7. The van der Waals surface area contributed by atoms with Gasteiger partial charge in [-0.15, -0.1) is 0 Å². The fourth-order valence-corrected chi connectivity index (χ4v) is 2.38. The van der Waals surface area contributed by atoms with Crippen LogP contribution in [0.4, 0.5) is 0 Å². The Bertz CT molecular complexity index is 438. The molecule has 0 fully saturated rings. The minimum absolute atomic E-state index is 0.417. The lowest BCUT2D eigenvalue weighted by Crippen LogP contribution is -2.28. The van der Waals surface area contributed by atoms with Crippen LogP contribution in [0.15, 0.2) is 24.3 Å². The lowest BCUT2D eigenvalue weighted by atomic mass is 10.0. The van der Waals surface area contributed by atoms with Crippen LogP contribution in [0.25, 0.3) is 0 Å². The van der Waals surface area contributed by atoms with Crippen LogP contribution in [0.3, 0.4) is 0 Å². The van der Waals surface area contributed by atoms with Gasteiger partial charge in [-0.25, -0.2) is 0 Å². The molecule has 0 spiro atoms. The molecule has 0 unspecified atom stereocenters. The fraction of sp³-hybridized carbons (Fsp3) is 0.556. The summed E-state index contributed by atoms with van der Waals surface area (Å²) in [5.41, 5.74) is 7.82. The highest BCUT2D eigenvalue weighted by atomic mass is 15.1. The maximum absolute atomic E-state index is 5.42. The Labute approximate surface area is 124 Å². The van der Waals surface area contributed by atoms with E-state index in [1.54, 1.807) is 0 Å². The maximum atomic E-state index is 5.42. The molecule has 20 heavy (non-hydrogen) atoms. The Morgan fingerprint density at radius 2 is 1.95 bits per heavy atom. The van der Waals surface area contributed by atoms with E-state index in [0.717, 1.165) is 24.6 Å². The molecule has 110 valence electrons. The molecule has 2 heteroatoms. The monoisotopic (exact) mass is 272 g/mol. The highest BCUT2D eigenvalue weighted by molar-refractivity contribution is 5.37. The van der Waals surface area contributed by atoms with Crippen molar-refractivity contribution in [2.45, 2.75) is 40.2 Å². The number of benzene rings is 1. The van der Waals surface area contributed by atoms with Gasteiger partial charge in [0.25, 0.3) is 0 Å². The van der Waals surface area contributed by atoms with E-state index in [1.165, 1.54) is 24.9 Å². The second-order valence-corrected chi connectivity index (χ2v) is 5.22. The van der Waals surface area contributed by atoms with Gasteiger partial charge in [-0.2, -0.15) is 0 Å². The van der Waals surface area contributed by atoms with Crippen LogP contribution < -0.4 is 5.73 Å². The maximum Gasteiger partial charge on any atom is 0.0555 e. The van der Waals surface area contributed by atoms with Crippen LogP contribution in [0.5, 0.6) is 0 Å². The molecule has 0 amide bonds. The minimum Gasteiger partial charge on any atom is -0.320 e. The van der Waals surface area contributed by atoms with E-state index in [2.05, 4.69) is 55.7 Å². The predicted octanol–water partition coefficient (Wildman–Crippen LogP) is 3.25. The molecule has 0 radical (unpaired) electrons. The summed E-state index contributed by atoms with van der Waals surface area (Å²) < 4.78 is 0. The highest BCUT2D eigenvalue weighted by Gasteiger charge is 2.10. The first-order valence-electron chi connectivity index (χ1n) is 7.73. The van der Waals surface area contributed by atoms with Crippen LogP contribution in [-0.2, 0) is 6.54 Å². The van der Waals surface area contributed by atoms with Crippen LogP contribution in [0.2, 0.25) is 0 Å². The lowest BCUT2D eigenvalue weighted by molar-refractivity contribution is 0.226. The minimum atomic E-state index is 0.417. The summed E-state index contributed by atoms with van der Waals surface area (Å²) in [5.74, 6) is 6.82. The molecule has 0 aliphatic heterocycles. The molecule has 0 atom stereocenters. The Kier molecular flexibility index (Phi) is 8.02.